The van der Waals surface area contributed by atoms with Crippen molar-refractivity contribution in [3.63, 3.8) is 0 Å². The van der Waals surface area contributed by atoms with Crippen LogP contribution in [-0.4, -0.2) is 66.6 Å². The van der Waals surface area contributed by atoms with Gasteiger partial charge in [-0.05, 0) is 73.9 Å². The quantitative estimate of drug-likeness (QED) is 0.112. The number of pyridine rings is 2. The maximum absolute atomic E-state index is 15.3. The van der Waals surface area contributed by atoms with Crippen molar-refractivity contribution in [1.29, 1.82) is 0 Å². The molecule has 6 N–H and O–H groups in total. The maximum Gasteiger partial charge on any atom is 0.406 e. The molecule has 4 aliphatic heterocycles. The minimum atomic E-state index is -1.92. The number of Topliss-reactive ketones (excluding diaryl/α,β-unsaturated/α-hetero) is 2. The van der Waals surface area contributed by atoms with Crippen LogP contribution in [0.2, 0.25) is 10.0 Å². The van der Waals surface area contributed by atoms with Gasteiger partial charge < -0.3 is 30.9 Å². The third-order valence-corrected chi connectivity index (χ3v) is 14.9. The second-order valence-corrected chi connectivity index (χ2v) is 17.7. The minimum Gasteiger partial charge on any atom is -0.415 e. The SMILES string of the molecule is Cc1c(C(=O)C2(OC(N)=O)c3cc4c5cnc([nH]5)c4c(c3Cl)C3CCCN32)ccc(-c2ccc(C(=O)C3(OC(N)=O)c4cc5c6cnc([nH]6)c5c(c4Cl)C4CCCN43)cc2)c1C. The Kier molecular flexibility index (Phi) is 7.63. The monoisotopic (exact) mass is 866 g/mol. The van der Waals surface area contributed by atoms with E-state index in [9.17, 15) is 9.59 Å². The van der Waals surface area contributed by atoms with Crippen LogP contribution < -0.4 is 11.5 Å². The summed E-state index contributed by atoms with van der Waals surface area (Å²) in [5.41, 5.74) is 16.8. The number of imidazole rings is 2. The van der Waals surface area contributed by atoms with E-state index in [-0.39, 0.29) is 17.6 Å². The Balaban J connectivity index is 0.933. The number of ketones is 2. The molecule has 0 radical (unpaired) electrons. The fourth-order valence-electron chi connectivity index (χ4n) is 11.5. The molecule has 2 saturated heterocycles. The highest BCUT2D eigenvalue weighted by Gasteiger charge is 2.60. The van der Waals surface area contributed by atoms with E-state index in [1.165, 1.54) is 0 Å². The molecule has 4 aromatic heterocycles. The summed E-state index contributed by atoms with van der Waals surface area (Å²) >= 11 is 14.4. The summed E-state index contributed by atoms with van der Waals surface area (Å²) in [7, 11) is 0. The molecule has 16 heteroatoms. The van der Waals surface area contributed by atoms with Gasteiger partial charge in [-0.25, -0.2) is 29.4 Å². The number of hydrogen-bond acceptors (Lipinski definition) is 10. The first-order chi connectivity index (χ1) is 29.8. The number of aromatic nitrogens is 4. The van der Waals surface area contributed by atoms with Crippen LogP contribution in [0.25, 0.3) is 55.0 Å². The lowest BCUT2D eigenvalue weighted by Gasteiger charge is -2.47. The number of benzene rings is 4. The third kappa shape index (κ3) is 4.56. The first-order valence-corrected chi connectivity index (χ1v) is 21.3. The molecule has 2 fully saturated rings. The van der Waals surface area contributed by atoms with Gasteiger partial charge in [0.05, 0.1) is 33.5 Å². The molecular weight excluding hydrogens is 831 g/mol. The van der Waals surface area contributed by atoms with E-state index in [0.717, 1.165) is 73.2 Å². The number of nitrogens with two attached hydrogens (primary N) is 2. The molecule has 0 aliphatic carbocycles. The number of aromatic amines is 2. The summed E-state index contributed by atoms with van der Waals surface area (Å²) in [4.78, 5) is 75.4. The summed E-state index contributed by atoms with van der Waals surface area (Å²) in [5, 5.41) is 4.21. The number of amides is 2. The number of primary amides is 2. The zero-order valence-electron chi connectivity index (χ0n) is 33.3. The summed E-state index contributed by atoms with van der Waals surface area (Å²) < 4.78 is 12.0. The number of ether oxygens (including phenoxy) is 2. The molecule has 4 aromatic carbocycles. The second kappa shape index (κ2) is 12.6. The van der Waals surface area contributed by atoms with Gasteiger partial charge in [0.2, 0.25) is 11.6 Å². The van der Waals surface area contributed by atoms with Gasteiger partial charge in [-0.2, -0.15) is 0 Å². The van der Waals surface area contributed by atoms with Gasteiger partial charge in [0, 0.05) is 80.1 Å². The number of nitrogens with zero attached hydrogens (tertiary/aromatic N) is 4. The highest BCUT2D eigenvalue weighted by molar-refractivity contribution is 6.36. The first kappa shape index (κ1) is 37.4. The number of rotatable bonds is 7. The van der Waals surface area contributed by atoms with Gasteiger partial charge in [-0.15, -0.1) is 0 Å². The number of fused-ring (bicyclic) bond motifs is 20. The van der Waals surface area contributed by atoms with Gasteiger partial charge in [-0.1, -0.05) is 59.6 Å². The van der Waals surface area contributed by atoms with Crippen molar-refractivity contribution in [3.05, 3.63) is 115 Å². The van der Waals surface area contributed by atoms with Gasteiger partial charge in [-0.3, -0.25) is 9.59 Å². The van der Waals surface area contributed by atoms with E-state index >= 15 is 9.59 Å². The zero-order chi connectivity index (χ0) is 42.7. The lowest BCUT2D eigenvalue weighted by atomic mass is 9.80. The highest BCUT2D eigenvalue weighted by atomic mass is 35.5. The number of carbonyl (C=O) groups is 4. The molecular formula is C46H36Cl2N8O6. The number of nitrogens with one attached hydrogen (secondary N) is 2. The Hall–Kier alpha value is -6.32. The second-order valence-electron chi connectivity index (χ2n) is 16.9. The van der Waals surface area contributed by atoms with Crippen LogP contribution in [0, 0.1) is 13.8 Å². The smallest absolute Gasteiger partial charge is 0.406 e. The standard InChI is InChI=1S/C46H36Cl2N8O6/c1-19-20(2)24(40(58)46(62-44(50)60)28-16-26-30-18-52-42(54-30)34(26)36(38(28)48)32-6-4-14-56(32)46)12-11-23(19)21-7-9-22(10-8-21)39(57)45(61-43(49)59)27-15-25-29-17-51-41(53-29)33(25)35(37(27)47)31-5-3-13-55(31)45/h7-12,15-18,31-32H,3-6,13-14H2,1-2H3,(H2,49,59)(H2,50,60)(H,51,53)(H,52,54). The summed E-state index contributed by atoms with van der Waals surface area (Å²) in [6, 6.07) is 13.6. The van der Waals surface area contributed by atoms with Crippen molar-refractivity contribution in [2.24, 2.45) is 11.5 Å². The average molecular weight is 868 g/mol. The van der Waals surface area contributed by atoms with E-state index < -0.39 is 35.2 Å². The van der Waals surface area contributed by atoms with Crippen molar-refractivity contribution in [1.82, 2.24) is 29.7 Å². The lowest BCUT2D eigenvalue weighted by Crippen LogP contribution is -2.57. The van der Waals surface area contributed by atoms with Gasteiger partial charge in [0.15, 0.2) is 0 Å². The van der Waals surface area contributed by atoms with E-state index in [2.05, 4.69) is 19.9 Å². The molecule has 8 aromatic rings. The molecule has 4 atom stereocenters. The van der Waals surface area contributed by atoms with Gasteiger partial charge in [0.25, 0.3) is 11.4 Å². The molecule has 0 spiro atoms. The molecule has 12 rings (SSSR count). The lowest BCUT2D eigenvalue weighted by molar-refractivity contribution is -0.0972. The van der Waals surface area contributed by atoms with Crippen molar-refractivity contribution < 1.29 is 28.7 Å². The van der Waals surface area contributed by atoms with Crippen molar-refractivity contribution >= 4 is 90.8 Å². The Morgan fingerprint density at radius 1 is 0.710 bits per heavy atom. The van der Waals surface area contributed by atoms with E-state index in [0.29, 0.717) is 69.5 Å². The Morgan fingerprint density at radius 2 is 1.21 bits per heavy atom. The van der Waals surface area contributed by atoms with Crippen molar-refractivity contribution in [3.8, 4) is 11.1 Å². The molecule has 310 valence electrons. The van der Waals surface area contributed by atoms with Gasteiger partial charge >= 0.3 is 12.2 Å². The fourth-order valence-corrected chi connectivity index (χ4v) is 12.3. The topological polar surface area (TPSA) is 203 Å². The number of hydrogen-bond donors (Lipinski definition) is 4. The zero-order valence-corrected chi connectivity index (χ0v) is 34.8. The molecule has 4 unspecified atom stereocenters. The largest absolute Gasteiger partial charge is 0.415 e. The molecule has 8 heterocycles. The maximum atomic E-state index is 15.3. The van der Waals surface area contributed by atoms with E-state index in [4.69, 9.17) is 44.1 Å². The number of carbonyl (C=O) groups excluding carboxylic acids is 4. The van der Waals surface area contributed by atoms with Crippen LogP contribution in [0.15, 0.2) is 60.9 Å². The number of H-pyrrole nitrogens is 2. The van der Waals surface area contributed by atoms with Crippen LogP contribution in [0.5, 0.6) is 0 Å². The van der Waals surface area contributed by atoms with Crippen LogP contribution in [0.3, 0.4) is 0 Å². The highest BCUT2D eigenvalue weighted by Crippen LogP contribution is 2.58. The molecule has 2 amide bonds. The normalized spacial score (nSPS) is 23.2. The summed E-state index contributed by atoms with van der Waals surface area (Å²) in [6.45, 7) is 4.71. The van der Waals surface area contributed by atoms with Crippen LogP contribution in [-0.2, 0) is 20.9 Å². The van der Waals surface area contributed by atoms with E-state index in [1.807, 2.05) is 47.9 Å². The molecule has 4 aliphatic rings. The van der Waals surface area contributed by atoms with Crippen LogP contribution in [0.4, 0.5) is 9.59 Å². The Labute approximate surface area is 362 Å². The third-order valence-electron chi connectivity index (χ3n) is 14.1. The predicted molar refractivity (Wildman–Crippen MR) is 232 cm³/mol. The van der Waals surface area contributed by atoms with Crippen molar-refractivity contribution in [2.75, 3.05) is 13.1 Å². The summed E-state index contributed by atoms with van der Waals surface area (Å²) in [6.07, 6.45) is 4.13. The average Bonchev–Trinajstić information content (AvgIpc) is 4.12. The van der Waals surface area contributed by atoms with Crippen LogP contribution >= 0.6 is 23.2 Å². The Bertz CT molecular complexity index is 3310. The molecule has 62 heavy (non-hydrogen) atoms. The van der Waals surface area contributed by atoms with Gasteiger partial charge in [0.1, 0.15) is 11.3 Å². The first-order valence-electron chi connectivity index (χ1n) is 20.5. The predicted octanol–water partition coefficient (Wildman–Crippen LogP) is 8.77. The van der Waals surface area contributed by atoms with Crippen LogP contribution in [0.1, 0.15) is 91.9 Å². The molecule has 0 saturated carbocycles. The van der Waals surface area contributed by atoms with Crippen molar-refractivity contribution in [2.45, 2.75) is 63.1 Å². The van der Waals surface area contributed by atoms with E-state index in [1.54, 1.807) is 36.7 Å². The number of halogens is 2. The Morgan fingerprint density at radius 3 is 1.71 bits per heavy atom. The minimum absolute atomic E-state index is 0.282. The molecule has 14 nitrogen and oxygen atoms in total. The summed E-state index contributed by atoms with van der Waals surface area (Å²) in [5.74, 6) is -0.938. The molecule has 8 bridgehead atoms. The fraction of sp³-hybridized carbons (Fsp3) is 0.261.